The molecule has 2 aromatic rings. The summed E-state index contributed by atoms with van der Waals surface area (Å²) in [6.07, 6.45) is -3.78. The number of rotatable bonds is 15. The van der Waals surface area contributed by atoms with Gasteiger partial charge < -0.3 is 9.80 Å². The molecule has 0 N–H and O–H groups in total. The zero-order chi connectivity index (χ0) is 30.7. The summed E-state index contributed by atoms with van der Waals surface area (Å²) in [4.78, 5) is 7.49. The Bertz CT molecular complexity index is 1240. The van der Waals surface area contributed by atoms with Crippen molar-refractivity contribution in [1.29, 1.82) is 0 Å². The van der Waals surface area contributed by atoms with E-state index in [4.69, 9.17) is 0 Å². The van der Waals surface area contributed by atoms with Crippen LogP contribution >= 0.6 is 10.5 Å². The van der Waals surface area contributed by atoms with E-state index in [0.29, 0.717) is 47.7 Å². The lowest BCUT2D eigenvalue weighted by Gasteiger charge is -2.35. The molecule has 226 valence electrons. The lowest BCUT2D eigenvalue weighted by molar-refractivity contribution is -0.127. The monoisotopic (exact) mass is 599 g/mol. The summed E-state index contributed by atoms with van der Waals surface area (Å²) in [6.45, 7) is 9.45. The molecule has 0 amide bonds. The molecule has 1 unspecified atom stereocenters. The van der Waals surface area contributed by atoms with E-state index in [1.807, 2.05) is 25.0 Å². The molecular formula is C31H39F6N3S. The van der Waals surface area contributed by atoms with Crippen LogP contribution < -0.4 is 4.90 Å². The van der Waals surface area contributed by atoms with Gasteiger partial charge in [-0.1, -0.05) is 49.7 Å². The van der Waals surface area contributed by atoms with Crippen LogP contribution in [0.2, 0.25) is 0 Å². The summed E-state index contributed by atoms with van der Waals surface area (Å²) in [5, 5.41) is 0. The van der Waals surface area contributed by atoms with Crippen LogP contribution in [0.25, 0.3) is 5.57 Å². The van der Waals surface area contributed by atoms with Gasteiger partial charge in [-0.25, -0.2) is 13.2 Å². The highest BCUT2D eigenvalue weighted by Gasteiger charge is 2.28. The van der Waals surface area contributed by atoms with Gasteiger partial charge in [-0.15, -0.1) is 0 Å². The summed E-state index contributed by atoms with van der Waals surface area (Å²) >= 11 is 0. The minimum Gasteiger partial charge on any atom is -0.358 e. The van der Waals surface area contributed by atoms with Gasteiger partial charge in [0.25, 0.3) is 6.43 Å². The third-order valence-corrected chi connectivity index (χ3v) is 7.41. The predicted octanol–water partition coefficient (Wildman–Crippen LogP) is 8.58. The highest BCUT2D eigenvalue weighted by molar-refractivity contribution is 8.13. The van der Waals surface area contributed by atoms with Crippen LogP contribution in [0.1, 0.15) is 43.4 Å². The Hall–Kier alpha value is -3.01. The predicted molar refractivity (Wildman–Crippen MR) is 163 cm³/mol. The second-order valence-electron chi connectivity index (χ2n) is 9.66. The molecule has 0 saturated heterocycles. The highest BCUT2D eigenvalue weighted by atomic mass is 32.2. The van der Waals surface area contributed by atoms with Crippen molar-refractivity contribution >= 4 is 33.3 Å². The molecule has 2 aromatic carbocycles. The van der Waals surface area contributed by atoms with Crippen LogP contribution in [0, 0.1) is 5.82 Å². The molecule has 10 heteroatoms. The second-order valence-corrected chi connectivity index (χ2v) is 11.6. The van der Waals surface area contributed by atoms with Gasteiger partial charge in [0.05, 0.1) is 18.7 Å². The van der Waals surface area contributed by atoms with Crippen LogP contribution in [0.5, 0.6) is 0 Å². The van der Waals surface area contributed by atoms with E-state index in [9.17, 15) is 22.0 Å². The zero-order valence-corrected chi connectivity index (χ0v) is 24.9. The number of anilines is 1. The van der Waals surface area contributed by atoms with Crippen molar-refractivity contribution in [2.75, 3.05) is 37.0 Å². The standard InChI is InChI=1S/C31H39F6N3S/c1-7-9-24(19-29(38-4)30(33)34)25-12-13-26(28(32)18-25)21-40(22(3)39(8-2)16-17-41(5)6)27-14-10-23(11-15-27)20-31(35,36)37/h9-15,18,30H,3,5,7-8,16-17,19-21H2,1-2,4,6H3/b24-9-,38-29?. The normalized spacial score (nSPS) is 13.4. The molecule has 41 heavy (non-hydrogen) atoms. The van der Waals surface area contributed by atoms with Gasteiger partial charge in [-0.05, 0) is 54.5 Å². The van der Waals surface area contributed by atoms with Crippen LogP contribution in [-0.4, -0.2) is 61.2 Å². The summed E-state index contributed by atoms with van der Waals surface area (Å²) in [6, 6.07) is 10.6. The first-order chi connectivity index (χ1) is 19.3. The summed E-state index contributed by atoms with van der Waals surface area (Å²) in [7, 11) is 1.25. The number of hydrogen-bond donors (Lipinski definition) is 0. The molecule has 0 aliphatic heterocycles. The molecule has 0 aliphatic rings. The fraction of sp³-hybridized carbons (Fsp3) is 0.419. The van der Waals surface area contributed by atoms with E-state index in [2.05, 4.69) is 17.4 Å². The largest absolute Gasteiger partial charge is 0.393 e. The van der Waals surface area contributed by atoms with Crippen molar-refractivity contribution in [3.63, 3.8) is 0 Å². The van der Waals surface area contributed by atoms with E-state index >= 15 is 4.39 Å². The molecule has 1 atom stereocenters. The van der Waals surface area contributed by atoms with Crippen molar-refractivity contribution < 1.29 is 26.3 Å². The number of hydrogen-bond acceptors (Lipinski definition) is 3. The van der Waals surface area contributed by atoms with Gasteiger partial charge in [0, 0.05) is 43.6 Å². The maximum atomic E-state index is 15.5. The van der Waals surface area contributed by atoms with Gasteiger partial charge in [0.2, 0.25) is 0 Å². The van der Waals surface area contributed by atoms with Crippen molar-refractivity contribution in [2.24, 2.45) is 4.99 Å². The molecule has 0 aliphatic carbocycles. The van der Waals surface area contributed by atoms with Crippen molar-refractivity contribution in [3.8, 4) is 0 Å². The molecule has 0 radical (unpaired) electrons. The van der Waals surface area contributed by atoms with E-state index in [1.165, 1.54) is 25.2 Å². The fourth-order valence-electron chi connectivity index (χ4n) is 4.30. The van der Waals surface area contributed by atoms with Crippen molar-refractivity contribution in [3.05, 3.63) is 83.4 Å². The van der Waals surface area contributed by atoms with E-state index in [-0.39, 0.29) is 34.7 Å². The Labute approximate surface area is 242 Å². The fourth-order valence-corrected chi connectivity index (χ4v) is 4.83. The quantitative estimate of drug-likeness (QED) is 0.116. The second kappa shape index (κ2) is 15.8. The lowest BCUT2D eigenvalue weighted by Crippen LogP contribution is -2.36. The Balaban J connectivity index is 2.45. The SMILES string of the molecule is C=C(N(CC)CCS(=C)C)N(Cc1ccc(/C(=C\CC)CC(=NC)C(F)F)cc1F)c1ccc(CC(F)(F)F)cc1. The van der Waals surface area contributed by atoms with E-state index in [1.54, 1.807) is 35.2 Å². The Kier molecular flexibility index (Phi) is 13.2. The number of halogens is 6. The summed E-state index contributed by atoms with van der Waals surface area (Å²) in [5.74, 6) is 4.93. The van der Waals surface area contributed by atoms with Crippen molar-refractivity contribution in [2.45, 2.75) is 52.3 Å². The first kappa shape index (κ1) is 34.2. The molecule has 0 aromatic heterocycles. The third kappa shape index (κ3) is 10.7. The van der Waals surface area contributed by atoms with Gasteiger partial charge in [-0.2, -0.15) is 23.7 Å². The topological polar surface area (TPSA) is 18.8 Å². The van der Waals surface area contributed by atoms with Gasteiger partial charge >= 0.3 is 6.18 Å². The van der Waals surface area contributed by atoms with Crippen LogP contribution in [0.4, 0.5) is 32.0 Å². The highest BCUT2D eigenvalue weighted by Crippen LogP contribution is 2.29. The van der Waals surface area contributed by atoms with E-state index < -0.39 is 24.8 Å². The van der Waals surface area contributed by atoms with Gasteiger partial charge in [0.15, 0.2) is 0 Å². The van der Waals surface area contributed by atoms with Crippen LogP contribution in [0.15, 0.2) is 65.9 Å². The van der Waals surface area contributed by atoms with Crippen LogP contribution in [-0.2, 0) is 13.0 Å². The Morgan fingerprint density at radius 3 is 2.24 bits per heavy atom. The first-order valence-electron chi connectivity index (χ1n) is 13.3. The molecule has 0 bridgehead atoms. The van der Waals surface area contributed by atoms with Crippen LogP contribution in [0.3, 0.4) is 0 Å². The average Bonchev–Trinajstić information content (AvgIpc) is 2.90. The minimum absolute atomic E-state index is 0.0625. The summed E-state index contributed by atoms with van der Waals surface area (Å²) in [5.41, 5.74) is 1.78. The molecule has 2 rings (SSSR count). The summed E-state index contributed by atoms with van der Waals surface area (Å²) < 4.78 is 80.9. The average molecular weight is 600 g/mol. The Morgan fingerprint density at radius 2 is 1.76 bits per heavy atom. The molecule has 0 spiro atoms. The van der Waals surface area contributed by atoms with E-state index in [0.717, 1.165) is 5.75 Å². The molecule has 0 heterocycles. The maximum absolute atomic E-state index is 15.5. The maximum Gasteiger partial charge on any atom is 0.393 e. The molecule has 0 saturated carbocycles. The first-order valence-corrected chi connectivity index (χ1v) is 15.3. The molecular weight excluding hydrogens is 560 g/mol. The minimum atomic E-state index is -4.33. The molecule has 3 nitrogen and oxygen atoms in total. The number of aliphatic imine (C=N–C) groups is 1. The van der Waals surface area contributed by atoms with Gasteiger partial charge in [-0.3, -0.25) is 4.99 Å². The van der Waals surface area contributed by atoms with Gasteiger partial charge in [0.1, 0.15) is 11.6 Å². The lowest BCUT2D eigenvalue weighted by atomic mass is 9.97. The molecule has 0 fully saturated rings. The number of alkyl halides is 5. The number of nitrogens with zero attached hydrogens (tertiary/aromatic N) is 3. The number of allylic oxidation sites excluding steroid dienone is 2. The zero-order valence-electron chi connectivity index (χ0n) is 24.1. The number of benzene rings is 2. The van der Waals surface area contributed by atoms with Crippen molar-refractivity contribution in [1.82, 2.24) is 4.90 Å². The third-order valence-electron chi connectivity index (χ3n) is 6.53. The Morgan fingerprint density at radius 1 is 1.10 bits per heavy atom. The smallest absolute Gasteiger partial charge is 0.358 e.